The predicted octanol–water partition coefficient (Wildman–Crippen LogP) is 10.5. The molecule has 0 atom stereocenters. The fourth-order valence-electron chi connectivity index (χ4n) is 6.56. The third-order valence-electron chi connectivity index (χ3n) is 9.10. The van der Waals surface area contributed by atoms with Crippen molar-refractivity contribution in [2.45, 2.75) is 84.9 Å². The molecular weight excluding hydrogens is 771 g/mol. The van der Waals surface area contributed by atoms with Crippen molar-refractivity contribution in [3.63, 3.8) is 0 Å². The van der Waals surface area contributed by atoms with Crippen LogP contribution >= 0.6 is 0 Å². The average molecular weight is 816 g/mol. The molecule has 0 bridgehead atoms. The first-order valence-corrected chi connectivity index (χ1v) is 20.3. The molecule has 6 aromatic rings. The van der Waals surface area contributed by atoms with Crippen LogP contribution in [0.3, 0.4) is 0 Å². The van der Waals surface area contributed by atoms with E-state index in [1.54, 1.807) is 10.8 Å². The molecule has 0 unspecified atom stereocenters. The zero-order valence-electron chi connectivity index (χ0n) is 28.5. The van der Waals surface area contributed by atoms with Crippen molar-refractivity contribution in [3.05, 3.63) is 108 Å². The molecule has 0 aliphatic heterocycles. The van der Waals surface area contributed by atoms with Crippen LogP contribution < -0.4 is 5.19 Å². The second-order valence-electron chi connectivity index (χ2n) is 14.1. The largest absolute Gasteiger partial charge is 0.486 e. The Hall–Kier alpha value is -3.44. The standard InChI is InChI=1S/C21H28NSi.C20H17N2O.Ir/c1-23(2,3)21-16-22-20(18-12-8-5-9-13-18)15-19(21)14-17-10-6-4-7-11-17;1-12(2)17-8-7-15-14-5-4-6-16(19(14)23-20(15)22-17)18-11-13(3)9-10-21-18;/h5,8-9,12,15-17H,4,6-7,10-11,14H2,1-3H3;4-5,7-12H,1-3H3;/q2*-1;. The van der Waals surface area contributed by atoms with Crippen molar-refractivity contribution in [1.29, 1.82) is 0 Å². The maximum atomic E-state index is 6.09. The minimum absolute atomic E-state index is 0. The second-order valence-corrected chi connectivity index (χ2v) is 19.2. The Morgan fingerprint density at radius 3 is 2.38 bits per heavy atom. The Bertz CT molecular complexity index is 1940. The van der Waals surface area contributed by atoms with Gasteiger partial charge in [-0.05, 0) is 60.0 Å². The molecular formula is C41H45IrN3OSi-2. The van der Waals surface area contributed by atoms with E-state index in [1.807, 2.05) is 42.6 Å². The van der Waals surface area contributed by atoms with Crippen LogP contribution in [0.1, 0.15) is 68.7 Å². The van der Waals surface area contributed by atoms with Crippen molar-refractivity contribution in [2.24, 2.45) is 5.92 Å². The van der Waals surface area contributed by atoms with E-state index >= 15 is 0 Å². The third kappa shape index (κ3) is 8.17. The molecule has 4 nitrogen and oxygen atoms in total. The summed E-state index contributed by atoms with van der Waals surface area (Å²) >= 11 is 0. The summed E-state index contributed by atoms with van der Waals surface area (Å²) in [4.78, 5) is 13.9. The number of fused-ring (bicyclic) bond motifs is 3. The maximum absolute atomic E-state index is 6.09. The van der Waals surface area contributed by atoms with Crippen LogP contribution in [-0.4, -0.2) is 23.0 Å². The van der Waals surface area contributed by atoms with Crippen LogP contribution in [-0.2, 0) is 26.5 Å². The van der Waals surface area contributed by atoms with Gasteiger partial charge in [-0.3, -0.25) is 0 Å². The van der Waals surface area contributed by atoms with Gasteiger partial charge in [-0.25, -0.2) is 4.98 Å². The SMILES string of the molecule is C[Si](C)(C)c1cnc(-c2[c-]cccc2)cc1CC1CCCCC1.Cc1ccnc(-c2[c-]ccc3c2oc2nc(C(C)C)ccc23)c1.[Ir]. The molecule has 7 rings (SSSR count). The van der Waals surface area contributed by atoms with E-state index in [4.69, 9.17) is 9.40 Å². The molecule has 4 aromatic heterocycles. The number of rotatable bonds is 6. The number of nitrogens with zero attached hydrogens (tertiary/aromatic N) is 3. The van der Waals surface area contributed by atoms with Gasteiger partial charge in [0.2, 0.25) is 5.71 Å². The summed E-state index contributed by atoms with van der Waals surface area (Å²) in [6.45, 7) is 13.6. The first-order valence-electron chi connectivity index (χ1n) is 16.8. The second kappa shape index (κ2) is 15.2. The first-order chi connectivity index (χ1) is 22.2. The maximum Gasteiger partial charge on any atom is 0.216 e. The summed E-state index contributed by atoms with van der Waals surface area (Å²) in [7, 11) is -1.36. The van der Waals surface area contributed by atoms with Crippen molar-refractivity contribution < 1.29 is 24.5 Å². The van der Waals surface area contributed by atoms with Crippen molar-refractivity contribution in [3.8, 4) is 22.5 Å². The molecule has 1 aliphatic carbocycles. The minimum Gasteiger partial charge on any atom is -0.486 e. The Kier molecular flexibility index (Phi) is 11.3. The van der Waals surface area contributed by atoms with Gasteiger partial charge in [0.05, 0.1) is 13.7 Å². The van der Waals surface area contributed by atoms with Gasteiger partial charge in [0.25, 0.3) is 0 Å². The minimum atomic E-state index is -1.36. The summed E-state index contributed by atoms with van der Waals surface area (Å²) in [6, 6.07) is 29.3. The predicted molar refractivity (Wildman–Crippen MR) is 194 cm³/mol. The van der Waals surface area contributed by atoms with E-state index in [-0.39, 0.29) is 20.1 Å². The summed E-state index contributed by atoms with van der Waals surface area (Å²) in [6.07, 6.45) is 12.3. The van der Waals surface area contributed by atoms with Crippen molar-refractivity contribution in [1.82, 2.24) is 15.0 Å². The Morgan fingerprint density at radius 2 is 1.68 bits per heavy atom. The van der Waals surface area contributed by atoms with Crippen LogP contribution in [0.2, 0.25) is 19.6 Å². The first kappa shape index (κ1) is 34.9. The summed E-state index contributed by atoms with van der Waals surface area (Å²) < 4.78 is 6.09. The quantitative estimate of drug-likeness (QED) is 0.124. The molecule has 0 N–H and O–H groups in total. The molecule has 1 radical (unpaired) electrons. The number of pyridine rings is 3. The van der Waals surface area contributed by atoms with E-state index in [0.29, 0.717) is 11.6 Å². The van der Waals surface area contributed by atoms with E-state index in [9.17, 15) is 0 Å². The number of aromatic nitrogens is 3. The van der Waals surface area contributed by atoms with Crippen molar-refractivity contribution >= 4 is 35.3 Å². The third-order valence-corrected chi connectivity index (χ3v) is 11.2. The van der Waals surface area contributed by atoms with Gasteiger partial charge in [0.15, 0.2) is 0 Å². The molecule has 0 spiro atoms. The van der Waals surface area contributed by atoms with Crippen LogP contribution in [0.4, 0.5) is 0 Å². The van der Waals surface area contributed by atoms with E-state index in [1.165, 1.54) is 38.5 Å². The molecule has 245 valence electrons. The van der Waals surface area contributed by atoms with Crippen molar-refractivity contribution in [2.75, 3.05) is 0 Å². The zero-order valence-corrected chi connectivity index (χ0v) is 31.9. The van der Waals surface area contributed by atoms with Crippen LogP contribution in [0.25, 0.3) is 44.6 Å². The van der Waals surface area contributed by atoms with Gasteiger partial charge in [-0.2, -0.15) is 0 Å². The van der Waals surface area contributed by atoms with Gasteiger partial charge in [-0.1, -0.05) is 99.8 Å². The van der Waals surface area contributed by atoms with Gasteiger partial charge in [0, 0.05) is 43.6 Å². The Labute approximate surface area is 294 Å². The summed E-state index contributed by atoms with van der Waals surface area (Å²) in [5, 5.41) is 3.63. The number of hydrogen-bond acceptors (Lipinski definition) is 4. The average Bonchev–Trinajstić information content (AvgIpc) is 3.44. The van der Waals surface area contributed by atoms with E-state index in [0.717, 1.165) is 56.0 Å². The monoisotopic (exact) mass is 816 g/mol. The molecule has 1 aliphatic rings. The van der Waals surface area contributed by atoms with E-state index < -0.39 is 8.07 Å². The molecule has 6 heteroatoms. The van der Waals surface area contributed by atoms with Gasteiger partial charge in [-0.15, -0.1) is 54.1 Å². The van der Waals surface area contributed by atoms with Crippen LogP contribution in [0, 0.1) is 25.0 Å². The van der Waals surface area contributed by atoms with Crippen LogP contribution in [0.5, 0.6) is 0 Å². The Balaban J connectivity index is 0.000000181. The molecule has 0 saturated heterocycles. The molecule has 1 fully saturated rings. The number of furan rings is 1. The fourth-order valence-corrected chi connectivity index (χ4v) is 8.15. The van der Waals surface area contributed by atoms with Gasteiger partial charge in [0.1, 0.15) is 0 Å². The number of aryl methyl sites for hydroxylation is 1. The normalized spacial score (nSPS) is 13.8. The molecule has 1 saturated carbocycles. The summed E-state index contributed by atoms with van der Waals surface area (Å²) in [5.41, 5.74) is 9.19. The van der Waals surface area contributed by atoms with E-state index in [2.05, 4.69) is 99.0 Å². The summed E-state index contributed by atoms with van der Waals surface area (Å²) in [5.74, 6) is 1.24. The van der Waals surface area contributed by atoms with Gasteiger partial charge >= 0.3 is 0 Å². The number of benzene rings is 2. The van der Waals surface area contributed by atoms with Gasteiger partial charge < -0.3 is 14.4 Å². The molecule has 4 heterocycles. The smallest absolute Gasteiger partial charge is 0.216 e. The van der Waals surface area contributed by atoms with Crippen LogP contribution in [0.15, 0.2) is 83.5 Å². The molecule has 2 aromatic carbocycles. The zero-order chi connectivity index (χ0) is 32.3. The number of hydrogen-bond donors (Lipinski definition) is 0. The Morgan fingerprint density at radius 1 is 0.872 bits per heavy atom. The molecule has 0 amide bonds. The molecule has 47 heavy (non-hydrogen) atoms. The topological polar surface area (TPSA) is 51.8 Å². The fraction of sp³-hybridized carbons (Fsp3) is 0.341.